The van der Waals surface area contributed by atoms with E-state index >= 15 is 0 Å². The van der Waals surface area contributed by atoms with Crippen molar-refractivity contribution >= 4 is 26.9 Å². The van der Waals surface area contributed by atoms with Crippen LogP contribution in [-0.2, 0) is 10.0 Å². The molecule has 2 N–H and O–H groups in total. The molecular weight excluding hydrogens is 362 g/mol. The number of nitrogens with two attached hydrogens (primary N) is 1. The molecule has 0 radical (unpaired) electrons. The molecule has 8 heteroatoms. The van der Waals surface area contributed by atoms with Crippen LogP contribution in [0.5, 0.6) is 0 Å². The lowest BCUT2D eigenvalue weighted by molar-refractivity contribution is 0.394. The monoisotopic (exact) mass is 385 g/mol. The van der Waals surface area contributed by atoms with Crippen LogP contribution in [0.3, 0.4) is 0 Å². The van der Waals surface area contributed by atoms with Gasteiger partial charge in [-0.25, -0.2) is 23.5 Å². The Bertz CT molecular complexity index is 1020. The van der Waals surface area contributed by atoms with Gasteiger partial charge < -0.3 is 9.47 Å². The summed E-state index contributed by atoms with van der Waals surface area (Å²) < 4.78 is 24.4. The summed E-state index contributed by atoms with van der Waals surface area (Å²) in [5, 5.41) is 6.16. The minimum absolute atomic E-state index is 0.0648. The van der Waals surface area contributed by atoms with E-state index in [1.807, 2.05) is 24.4 Å². The Morgan fingerprint density at radius 3 is 2.52 bits per heavy atom. The maximum atomic E-state index is 11.2. The summed E-state index contributed by atoms with van der Waals surface area (Å²) >= 11 is 0. The predicted octanol–water partition coefficient (Wildman–Crippen LogP) is 2.32. The fourth-order valence-electron chi connectivity index (χ4n) is 3.75. The highest BCUT2D eigenvalue weighted by Crippen LogP contribution is 2.30. The zero-order valence-electron chi connectivity index (χ0n) is 15.0. The van der Waals surface area contributed by atoms with Crippen LogP contribution < -0.4 is 10.0 Å². The second-order valence-corrected chi connectivity index (χ2v) is 8.78. The van der Waals surface area contributed by atoms with E-state index in [9.17, 15) is 8.42 Å². The normalized spacial score (nSPS) is 16.1. The third-order valence-electron chi connectivity index (χ3n) is 5.22. The molecule has 3 heterocycles. The Kier molecular flexibility index (Phi) is 4.84. The van der Waals surface area contributed by atoms with Gasteiger partial charge in [-0.3, -0.25) is 0 Å². The number of hydrogen-bond donors (Lipinski definition) is 1. The van der Waals surface area contributed by atoms with Crippen molar-refractivity contribution in [3.05, 3.63) is 48.9 Å². The van der Waals surface area contributed by atoms with Crippen LogP contribution in [0.2, 0.25) is 0 Å². The van der Waals surface area contributed by atoms with Gasteiger partial charge in [-0.2, -0.15) is 0 Å². The van der Waals surface area contributed by atoms with Crippen LogP contribution in [0.1, 0.15) is 19.3 Å². The fraction of sp³-hybridized carbons (Fsp3) is 0.368. The Labute approximate surface area is 158 Å². The van der Waals surface area contributed by atoms with E-state index in [2.05, 4.69) is 37.6 Å². The molecular formula is C19H23N5O2S. The van der Waals surface area contributed by atoms with Gasteiger partial charge >= 0.3 is 0 Å². The quantitative estimate of drug-likeness (QED) is 0.727. The van der Waals surface area contributed by atoms with E-state index in [-0.39, 0.29) is 5.75 Å². The molecule has 0 spiro atoms. The number of anilines is 1. The Balaban J connectivity index is 1.53. The van der Waals surface area contributed by atoms with E-state index in [4.69, 9.17) is 5.14 Å². The molecule has 0 saturated carbocycles. The molecule has 142 valence electrons. The van der Waals surface area contributed by atoms with Gasteiger partial charge in [0.05, 0.1) is 11.1 Å². The van der Waals surface area contributed by atoms with Gasteiger partial charge in [-0.05, 0) is 43.4 Å². The van der Waals surface area contributed by atoms with Crippen molar-refractivity contribution in [3.63, 3.8) is 0 Å². The van der Waals surface area contributed by atoms with Crippen LogP contribution in [0.15, 0.2) is 48.9 Å². The largest absolute Gasteiger partial charge is 0.356 e. The van der Waals surface area contributed by atoms with Crippen molar-refractivity contribution in [3.8, 4) is 5.69 Å². The first kappa shape index (κ1) is 17.9. The Morgan fingerprint density at radius 1 is 1.07 bits per heavy atom. The van der Waals surface area contributed by atoms with Gasteiger partial charge in [0.1, 0.15) is 17.8 Å². The van der Waals surface area contributed by atoms with Crippen molar-refractivity contribution in [1.29, 1.82) is 0 Å². The third-order valence-corrected chi connectivity index (χ3v) is 6.02. The molecule has 1 aromatic carbocycles. The van der Waals surface area contributed by atoms with Gasteiger partial charge in [0, 0.05) is 25.0 Å². The average Bonchev–Trinajstić information content (AvgIpc) is 3.11. The van der Waals surface area contributed by atoms with Crippen LogP contribution in [0.4, 0.5) is 5.82 Å². The second kappa shape index (κ2) is 7.28. The smallest absolute Gasteiger partial charge is 0.209 e. The molecule has 27 heavy (non-hydrogen) atoms. The molecule has 0 bridgehead atoms. The van der Waals surface area contributed by atoms with Gasteiger partial charge in [-0.15, -0.1) is 0 Å². The molecule has 0 amide bonds. The molecule has 1 aliphatic heterocycles. The summed E-state index contributed by atoms with van der Waals surface area (Å²) in [5.74, 6) is 1.40. The summed E-state index contributed by atoms with van der Waals surface area (Å²) in [6.07, 6.45) is 6.16. The zero-order chi connectivity index (χ0) is 18.9. The lowest BCUT2D eigenvalue weighted by Crippen LogP contribution is -2.35. The molecule has 1 aliphatic rings. The first-order valence-electron chi connectivity index (χ1n) is 9.14. The van der Waals surface area contributed by atoms with Crippen molar-refractivity contribution in [2.24, 2.45) is 11.1 Å². The number of nitrogens with zero attached hydrogens (tertiary/aromatic N) is 4. The molecule has 0 atom stereocenters. The van der Waals surface area contributed by atoms with E-state index in [0.29, 0.717) is 12.3 Å². The van der Waals surface area contributed by atoms with Gasteiger partial charge in [0.15, 0.2) is 0 Å². The number of fused-ring (bicyclic) bond motifs is 1. The topological polar surface area (TPSA) is 94.1 Å². The van der Waals surface area contributed by atoms with Gasteiger partial charge in [0.25, 0.3) is 0 Å². The molecule has 2 aromatic heterocycles. The van der Waals surface area contributed by atoms with Gasteiger partial charge in [0.2, 0.25) is 10.0 Å². The standard InChI is InChI=1S/C19H23N5O2S/c20-27(25,26)13-9-15-6-10-23(11-7-15)18-17-8-12-24(19(17)22-14-21-18)16-4-2-1-3-5-16/h1-5,8,12,14-15H,6-7,9-11,13H2,(H2,20,25,26). The summed E-state index contributed by atoms with van der Waals surface area (Å²) in [4.78, 5) is 11.3. The minimum Gasteiger partial charge on any atom is -0.356 e. The number of sulfonamides is 1. The molecule has 1 fully saturated rings. The minimum atomic E-state index is -3.38. The van der Waals surface area contributed by atoms with Crippen LogP contribution in [0, 0.1) is 5.92 Å². The Hall–Kier alpha value is -2.45. The molecule has 4 rings (SSSR count). The number of rotatable bonds is 5. The number of hydrogen-bond acceptors (Lipinski definition) is 5. The van der Waals surface area contributed by atoms with E-state index in [1.54, 1.807) is 6.33 Å². The van der Waals surface area contributed by atoms with Crippen LogP contribution in [0.25, 0.3) is 16.7 Å². The SMILES string of the molecule is NS(=O)(=O)CCC1CCN(c2ncnc3c2ccn3-c2ccccc2)CC1. The maximum Gasteiger partial charge on any atom is 0.209 e. The lowest BCUT2D eigenvalue weighted by Gasteiger charge is -2.33. The first-order valence-corrected chi connectivity index (χ1v) is 10.9. The number of para-hydroxylation sites is 1. The van der Waals surface area contributed by atoms with Crippen molar-refractivity contribution in [2.45, 2.75) is 19.3 Å². The summed E-state index contributed by atoms with van der Waals surface area (Å²) in [7, 11) is -3.38. The van der Waals surface area contributed by atoms with Crippen LogP contribution in [-0.4, -0.2) is 41.8 Å². The Morgan fingerprint density at radius 2 is 1.81 bits per heavy atom. The first-order chi connectivity index (χ1) is 13.0. The predicted molar refractivity (Wildman–Crippen MR) is 106 cm³/mol. The van der Waals surface area contributed by atoms with Crippen molar-refractivity contribution in [2.75, 3.05) is 23.7 Å². The van der Waals surface area contributed by atoms with Crippen LogP contribution >= 0.6 is 0 Å². The maximum absolute atomic E-state index is 11.2. The summed E-state index contributed by atoms with van der Waals surface area (Å²) in [6, 6.07) is 12.2. The highest BCUT2D eigenvalue weighted by Gasteiger charge is 2.23. The molecule has 0 aliphatic carbocycles. The number of primary sulfonamides is 1. The molecule has 0 unspecified atom stereocenters. The molecule has 1 saturated heterocycles. The van der Waals surface area contributed by atoms with Crippen molar-refractivity contribution < 1.29 is 8.42 Å². The van der Waals surface area contributed by atoms with E-state index in [1.165, 1.54) is 0 Å². The van der Waals surface area contributed by atoms with Crippen molar-refractivity contribution in [1.82, 2.24) is 14.5 Å². The number of piperidine rings is 1. The number of aromatic nitrogens is 3. The van der Waals surface area contributed by atoms with E-state index < -0.39 is 10.0 Å². The fourth-order valence-corrected chi connectivity index (χ4v) is 4.41. The highest BCUT2D eigenvalue weighted by atomic mass is 32.2. The average molecular weight is 385 g/mol. The highest BCUT2D eigenvalue weighted by molar-refractivity contribution is 7.89. The van der Waals surface area contributed by atoms with Gasteiger partial charge in [-0.1, -0.05) is 18.2 Å². The molecule has 3 aromatic rings. The zero-order valence-corrected chi connectivity index (χ0v) is 15.8. The number of benzene rings is 1. The van der Waals surface area contributed by atoms with E-state index in [0.717, 1.165) is 48.5 Å². The summed E-state index contributed by atoms with van der Waals surface area (Å²) in [5.41, 5.74) is 1.96. The summed E-state index contributed by atoms with van der Waals surface area (Å²) in [6.45, 7) is 1.72. The molecule has 7 nitrogen and oxygen atoms in total. The second-order valence-electron chi connectivity index (χ2n) is 7.04. The lowest BCUT2D eigenvalue weighted by atomic mass is 9.94. The third kappa shape index (κ3) is 3.96.